The molecule has 0 aliphatic rings. The van der Waals surface area contributed by atoms with E-state index < -0.39 is 5.41 Å². The number of pyridine rings is 1. The second kappa shape index (κ2) is 6.84. The first kappa shape index (κ1) is 15.7. The van der Waals surface area contributed by atoms with Crippen LogP contribution in [-0.4, -0.2) is 30.5 Å². The largest absolute Gasteiger partial charge is 0.309 e. The van der Waals surface area contributed by atoms with Crippen LogP contribution in [0, 0.1) is 11.3 Å². The van der Waals surface area contributed by atoms with E-state index in [1.807, 2.05) is 56.6 Å². The fourth-order valence-electron chi connectivity index (χ4n) is 2.34. The van der Waals surface area contributed by atoms with Gasteiger partial charge in [-0.1, -0.05) is 34.1 Å². The van der Waals surface area contributed by atoms with Gasteiger partial charge in [0.15, 0.2) is 0 Å². The van der Waals surface area contributed by atoms with Gasteiger partial charge in [-0.25, -0.2) is 0 Å². The summed E-state index contributed by atoms with van der Waals surface area (Å²) in [5.74, 6) is 0. The first-order valence-corrected chi connectivity index (χ1v) is 7.61. The van der Waals surface area contributed by atoms with Gasteiger partial charge >= 0.3 is 0 Å². The van der Waals surface area contributed by atoms with Crippen LogP contribution >= 0.6 is 15.9 Å². The maximum Gasteiger partial charge on any atom is 0.125 e. The average Bonchev–Trinajstić information content (AvgIpc) is 2.51. The topological polar surface area (TPSA) is 39.9 Å². The molecule has 0 N–H and O–H groups in total. The second-order valence-electron chi connectivity index (χ2n) is 5.29. The molecule has 0 saturated heterocycles. The van der Waals surface area contributed by atoms with E-state index in [-0.39, 0.29) is 0 Å². The van der Waals surface area contributed by atoms with E-state index in [0.717, 1.165) is 22.3 Å². The fourth-order valence-corrected chi connectivity index (χ4v) is 2.60. The summed E-state index contributed by atoms with van der Waals surface area (Å²) in [5, 5.41) is 9.95. The molecule has 0 aliphatic carbocycles. The van der Waals surface area contributed by atoms with E-state index in [2.05, 4.69) is 31.9 Å². The van der Waals surface area contributed by atoms with Gasteiger partial charge in [0.1, 0.15) is 5.41 Å². The Morgan fingerprint density at radius 3 is 2.43 bits per heavy atom. The van der Waals surface area contributed by atoms with E-state index in [9.17, 15) is 5.26 Å². The molecule has 2 rings (SSSR count). The van der Waals surface area contributed by atoms with Crippen molar-refractivity contribution in [2.45, 2.75) is 11.8 Å². The van der Waals surface area contributed by atoms with Crippen molar-refractivity contribution in [2.24, 2.45) is 0 Å². The Balaban J connectivity index is 2.52. The van der Waals surface area contributed by atoms with Crippen LogP contribution in [0.15, 0.2) is 53.1 Å². The second-order valence-corrected chi connectivity index (χ2v) is 6.21. The molecule has 0 saturated carbocycles. The van der Waals surface area contributed by atoms with E-state index in [1.165, 1.54) is 0 Å². The fraction of sp³-hybridized carbons (Fsp3) is 0.294. The third kappa shape index (κ3) is 3.49. The summed E-state index contributed by atoms with van der Waals surface area (Å²) in [6.07, 6.45) is 2.45. The standard InChI is InChI=1S/C17H18BrN3/c1-21(2)12-10-17(13-19,16-5-3-4-11-20-16)14-6-8-15(18)9-7-14/h3-9,11H,10,12H2,1-2H3. The number of hydrogen-bond acceptors (Lipinski definition) is 3. The van der Waals surface area contributed by atoms with Gasteiger partial charge < -0.3 is 4.90 Å². The monoisotopic (exact) mass is 343 g/mol. The predicted octanol–water partition coefficient (Wildman–Crippen LogP) is 3.61. The van der Waals surface area contributed by atoms with Crippen molar-refractivity contribution >= 4 is 15.9 Å². The number of hydrogen-bond donors (Lipinski definition) is 0. The summed E-state index contributed by atoms with van der Waals surface area (Å²) in [4.78, 5) is 6.54. The lowest BCUT2D eigenvalue weighted by Crippen LogP contribution is -2.31. The molecular formula is C17H18BrN3. The SMILES string of the molecule is CN(C)CCC(C#N)(c1ccc(Br)cc1)c1ccccn1. The van der Waals surface area contributed by atoms with Gasteiger partial charge in [-0.05, 0) is 56.9 Å². The van der Waals surface area contributed by atoms with Crippen LogP contribution in [0.1, 0.15) is 17.7 Å². The minimum absolute atomic E-state index is 0.704. The Kier molecular flexibility index (Phi) is 5.11. The molecule has 0 aliphatic heterocycles. The van der Waals surface area contributed by atoms with Gasteiger partial charge in [-0.15, -0.1) is 0 Å². The quantitative estimate of drug-likeness (QED) is 0.832. The van der Waals surface area contributed by atoms with Gasteiger partial charge in [-0.2, -0.15) is 5.26 Å². The zero-order valence-corrected chi connectivity index (χ0v) is 13.8. The van der Waals surface area contributed by atoms with Gasteiger partial charge in [0.05, 0.1) is 11.8 Å². The van der Waals surface area contributed by atoms with Gasteiger partial charge in [0.25, 0.3) is 0 Å². The molecule has 4 heteroatoms. The first-order valence-electron chi connectivity index (χ1n) is 6.82. The van der Waals surface area contributed by atoms with Gasteiger partial charge in [0.2, 0.25) is 0 Å². The zero-order chi connectivity index (χ0) is 15.3. The first-order chi connectivity index (χ1) is 10.1. The molecule has 0 spiro atoms. The minimum atomic E-state index is -0.716. The Hall–Kier alpha value is -1.70. The van der Waals surface area contributed by atoms with Crippen LogP contribution in [0.2, 0.25) is 0 Å². The number of nitriles is 1. The molecule has 21 heavy (non-hydrogen) atoms. The van der Waals surface area contributed by atoms with Crippen LogP contribution in [0.5, 0.6) is 0 Å². The Morgan fingerprint density at radius 1 is 1.19 bits per heavy atom. The molecule has 1 aromatic heterocycles. The lowest BCUT2D eigenvalue weighted by molar-refractivity contribution is 0.369. The van der Waals surface area contributed by atoms with Crippen LogP contribution in [0.25, 0.3) is 0 Å². The minimum Gasteiger partial charge on any atom is -0.309 e. The highest BCUT2D eigenvalue weighted by molar-refractivity contribution is 9.10. The zero-order valence-electron chi connectivity index (χ0n) is 12.3. The molecule has 0 fully saturated rings. The van der Waals surface area contributed by atoms with Crippen LogP contribution in [-0.2, 0) is 5.41 Å². The molecule has 1 unspecified atom stereocenters. The Labute approximate surface area is 134 Å². The molecule has 1 atom stereocenters. The number of aromatic nitrogens is 1. The van der Waals surface area contributed by atoms with Crippen molar-refractivity contribution in [1.82, 2.24) is 9.88 Å². The van der Waals surface area contributed by atoms with Crippen LogP contribution in [0.3, 0.4) is 0 Å². The highest BCUT2D eigenvalue weighted by atomic mass is 79.9. The summed E-state index contributed by atoms with van der Waals surface area (Å²) >= 11 is 3.45. The van der Waals surface area contributed by atoms with Gasteiger partial charge in [-0.3, -0.25) is 4.98 Å². The molecule has 0 amide bonds. The number of rotatable bonds is 5. The van der Waals surface area contributed by atoms with Crippen molar-refractivity contribution in [2.75, 3.05) is 20.6 Å². The maximum absolute atomic E-state index is 9.95. The summed E-state index contributed by atoms with van der Waals surface area (Å²) in [7, 11) is 4.03. The molecule has 2 aromatic rings. The van der Waals surface area contributed by atoms with Crippen LogP contribution in [0.4, 0.5) is 0 Å². The smallest absolute Gasteiger partial charge is 0.125 e. The van der Waals surface area contributed by atoms with Crippen molar-refractivity contribution in [3.63, 3.8) is 0 Å². The summed E-state index contributed by atoms with van der Waals surface area (Å²) < 4.78 is 1.01. The highest BCUT2D eigenvalue weighted by Gasteiger charge is 2.35. The van der Waals surface area contributed by atoms with E-state index in [0.29, 0.717) is 6.42 Å². The molecule has 1 aromatic carbocycles. The third-order valence-electron chi connectivity index (χ3n) is 3.56. The van der Waals surface area contributed by atoms with Crippen molar-refractivity contribution in [3.05, 3.63) is 64.4 Å². The average molecular weight is 344 g/mol. The Bertz CT molecular complexity index is 617. The Morgan fingerprint density at radius 2 is 1.90 bits per heavy atom. The number of nitrogens with zero attached hydrogens (tertiary/aromatic N) is 3. The molecule has 0 radical (unpaired) electrons. The number of benzene rings is 1. The maximum atomic E-state index is 9.95. The van der Waals surface area contributed by atoms with E-state index in [4.69, 9.17) is 0 Å². The lowest BCUT2D eigenvalue weighted by atomic mass is 9.75. The molecule has 0 bridgehead atoms. The molecule has 3 nitrogen and oxygen atoms in total. The van der Waals surface area contributed by atoms with Crippen molar-refractivity contribution in [3.8, 4) is 6.07 Å². The normalized spacial score (nSPS) is 13.7. The summed E-state index contributed by atoms with van der Waals surface area (Å²) in [5.41, 5.74) is 1.07. The summed E-state index contributed by atoms with van der Waals surface area (Å²) in [6.45, 7) is 0.820. The van der Waals surface area contributed by atoms with Crippen LogP contribution < -0.4 is 0 Å². The molecule has 108 valence electrons. The summed E-state index contributed by atoms with van der Waals surface area (Å²) in [6, 6.07) is 16.2. The lowest BCUT2D eigenvalue weighted by Gasteiger charge is -2.28. The van der Waals surface area contributed by atoms with E-state index in [1.54, 1.807) is 6.20 Å². The van der Waals surface area contributed by atoms with E-state index >= 15 is 0 Å². The van der Waals surface area contributed by atoms with Gasteiger partial charge in [0, 0.05) is 10.7 Å². The highest BCUT2D eigenvalue weighted by Crippen LogP contribution is 2.34. The molecule has 1 heterocycles. The number of halogens is 1. The van der Waals surface area contributed by atoms with Crippen molar-refractivity contribution < 1.29 is 0 Å². The third-order valence-corrected chi connectivity index (χ3v) is 4.09. The predicted molar refractivity (Wildman–Crippen MR) is 87.9 cm³/mol. The van der Waals surface area contributed by atoms with Crippen molar-refractivity contribution in [1.29, 1.82) is 5.26 Å². The molecular weight excluding hydrogens is 326 g/mol.